The molecular formula is C23H22F5NO4S2. The van der Waals surface area contributed by atoms with Crippen molar-refractivity contribution in [3.63, 3.8) is 0 Å². The molecule has 35 heavy (non-hydrogen) atoms. The standard InChI is InChI=1S/C23H22F5NO4S2/c1-34(30)11-9-15-16-12-33-21-18(25)7-6-17(24)20(21)22(16,10-8-19(15)29-34)35(31,32)14-4-2-13(3-5-14)23(26,27)28/h2-7,15-16,19H,1,8-12H2,(H,29,30)/t15-,16-,19+,22-,34?/m1/s1. The average molecular weight is 536 g/mol. The highest BCUT2D eigenvalue weighted by molar-refractivity contribution is 7.98. The van der Waals surface area contributed by atoms with Crippen LogP contribution in [0.5, 0.6) is 5.75 Å². The van der Waals surface area contributed by atoms with Crippen molar-refractivity contribution in [1.82, 2.24) is 4.72 Å². The Labute approximate surface area is 199 Å². The van der Waals surface area contributed by atoms with Gasteiger partial charge in [0.05, 0.1) is 22.6 Å². The van der Waals surface area contributed by atoms with Gasteiger partial charge in [-0.1, -0.05) is 0 Å². The Hall–Kier alpha value is -2.18. The molecule has 2 aliphatic heterocycles. The van der Waals surface area contributed by atoms with E-state index in [0.29, 0.717) is 18.6 Å². The van der Waals surface area contributed by atoms with Crippen LogP contribution >= 0.6 is 0 Å². The molecule has 1 saturated heterocycles. The topological polar surface area (TPSA) is 72.5 Å². The first-order valence-electron chi connectivity index (χ1n) is 10.9. The van der Waals surface area contributed by atoms with Crippen LogP contribution in [0.1, 0.15) is 30.4 Å². The molecule has 5 nitrogen and oxygen atoms in total. The molecule has 0 bridgehead atoms. The van der Waals surface area contributed by atoms with Gasteiger partial charge >= 0.3 is 6.18 Å². The molecule has 2 heterocycles. The monoisotopic (exact) mass is 535 g/mol. The number of hydrogen-bond acceptors (Lipinski definition) is 4. The Morgan fingerprint density at radius 2 is 1.71 bits per heavy atom. The number of rotatable bonds is 2. The molecule has 0 aromatic heterocycles. The van der Waals surface area contributed by atoms with Crippen LogP contribution in [0.25, 0.3) is 0 Å². The highest BCUT2D eigenvalue weighted by Gasteiger charge is 2.63. The van der Waals surface area contributed by atoms with Crippen molar-refractivity contribution in [2.24, 2.45) is 11.8 Å². The van der Waals surface area contributed by atoms with Crippen LogP contribution in [-0.2, 0) is 30.5 Å². The van der Waals surface area contributed by atoms with Gasteiger partial charge in [0.2, 0.25) is 0 Å². The van der Waals surface area contributed by atoms with E-state index in [2.05, 4.69) is 10.6 Å². The van der Waals surface area contributed by atoms with Gasteiger partial charge in [0.1, 0.15) is 10.6 Å². The third kappa shape index (κ3) is 3.67. The van der Waals surface area contributed by atoms with E-state index in [1.165, 1.54) is 0 Å². The highest BCUT2D eigenvalue weighted by atomic mass is 32.2. The molecule has 0 amide bonds. The van der Waals surface area contributed by atoms with Crippen LogP contribution in [0, 0.1) is 23.5 Å². The molecule has 0 spiro atoms. The summed E-state index contributed by atoms with van der Waals surface area (Å²) in [7, 11) is -7.12. The average Bonchev–Trinajstić information content (AvgIpc) is 2.79. The second kappa shape index (κ2) is 7.91. The Bertz CT molecular complexity index is 1390. The Balaban J connectivity index is 1.72. The van der Waals surface area contributed by atoms with E-state index in [9.17, 15) is 30.2 Å². The van der Waals surface area contributed by atoms with Gasteiger partial charge in [-0.2, -0.15) is 13.2 Å². The molecule has 12 heteroatoms. The molecule has 5 atom stereocenters. The lowest BCUT2D eigenvalue weighted by Crippen LogP contribution is -2.62. The first-order valence-corrected chi connectivity index (χ1v) is 14.3. The predicted octanol–water partition coefficient (Wildman–Crippen LogP) is 4.06. The first-order chi connectivity index (χ1) is 16.3. The van der Waals surface area contributed by atoms with Crippen molar-refractivity contribution in [3.05, 3.63) is 59.2 Å². The zero-order valence-corrected chi connectivity index (χ0v) is 19.9. The number of hydrogen-bond donors (Lipinski definition) is 1. The van der Waals surface area contributed by atoms with Crippen molar-refractivity contribution < 1.29 is 39.3 Å². The van der Waals surface area contributed by atoms with Gasteiger partial charge in [0.25, 0.3) is 0 Å². The number of benzene rings is 2. The number of alkyl halides is 3. The second-order valence-electron chi connectivity index (χ2n) is 9.30. The molecule has 1 unspecified atom stereocenters. The number of fused-ring (bicyclic) bond motifs is 5. The van der Waals surface area contributed by atoms with E-state index in [-0.39, 0.29) is 31.2 Å². The van der Waals surface area contributed by atoms with E-state index in [1.54, 1.807) is 0 Å². The number of sulfone groups is 1. The van der Waals surface area contributed by atoms with Gasteiger partial charge in [-0.3, -0.25) is 4.21 Å². The molecule has 1 N–H and O–H groups in total. The van der Waals surface area contributed by atoms with Gasteiger partial charge in [0.15, 0.2) is 21.4 Å². The lowest BCUT2D eigenvalue weighted by atomic mass is 9.64. The zero-order chi connectivity index (χ0) is 25.4. The van der Waals surface area contributed by atoms with Gasteiger partial charge in [-0.25, -0.2) is 21.9 Å². The van der Waals surface area contributed by atoms with Crippen LogP contribution in [-0.4, -0.2) is 36.9 Å². The van der Waals surface area contributed by atoms with E-state index >= 15 is 4.39 Å². The number of halogens is 5. The van der Waals surface area contributed by atoms with Gasteiger partial charge in [-0.15, -0.1) is 0 Å². The predicted molar refractivity (Wildman–Crippen MR) is 120 cm³/mol. The summed E-state index contributed by atoms with van der Waals surface area (Å²) in [5, 5.41) is 0. The van der Waals surface area contributed by atoms with E-state index in [4.69, 9.17) is 4.74 Å². The zero-order valence-electron chi connectivity index (χ0n) is 18.3. The van der Waals surface area contributed by atoms with Gasteiger partial charge < -0.3 is 4.74 Å². The molecule has 0 radical (unpaired) electrons. The maximum atomic E-state index is 15.3. The maximum Gasteiger partial charge on any atom is 0.416 e. The minimum Gasteiger partial charge on any atom is -0.490 e. The highest BCUT2D eigenvalue weighted by Crippen LogP contribution is 2.59. The van der Waals surface area contributed by atoms with Gasteiger partial charge in [-0.05, 0) is 67.4 Å². The van der Waals surface area contributed by atoms with Crippen molar-refractivity contribution in [3.8, 4) is 5.75 Å². The third-order valence-electron chi connectivity index (χ3n) is 7.47. The quantitative estimate of drug-likeness (QED) is 0.465. The van der Waals surface area contributed by atoms with E-state index in [1.807, 2.05) is 0 Å². The largest absolute Gasteiger partial charge is 0.490 e. The lowest BCUT2D eigenvalue weighted by Gasteiger charge is -2.54. The number of nitrogens with one attached hydrogen (secondary N) is 1. The molecule has 2 fully saturated rings. The van der Waals surface area contributed by atoms with Crippen molar-refractivity contribution in [2.45, 2.75) is 41.1 Å². The summed E-state index contributed by atoms with van der Waals surface area (Å²) >= 11 is 0. The summed E-state index contributed by atoms with van der Waals surface area (Å²) in [4.78, 5) is -0.421. The molecule has 2 aromatic carbocycles. The smallest absolute Gasteiger partial charge is 0.416 e. The summed E-state index contributed by atoms with van der Waals surface area (Å²) in [6.07, 6.45) is -4.34. The van der Waals surface area contributed by atoms with E-state index in [0.717, 1.165) is 24.3 Å². The van der Waals surface area contributed by atoms with E-state index < -0.39 is 75.7 Å². The molecule has 3 aliphatic rings. The SMILES string of the molecule is C=S1(=O)CC[C@H]2[C@H](CC[C@]3(S(=O)(=O)c4ccc(C(F)(F)F)cc4)c4c(F)ccc(F)c4OC[C@H]23)N1. The van der Waals surface area contributed by atoms with Crippen molar-refractivity contribution in [2.75, 3.05) is 12.4 Å². The van der Waals surface area contributed by atoms with Gasteiger partial charge in [0, 0.05) is 27.4 Å². The van der Waals surface area contributed by atoms with Crippen molar-refractivity contribution >= 4 is 25.4 Å². The Morgan fingerprint density at radius 3 is 2.37 bits per heavy atom. The molecular weight excluding hydrogens is 513 g/mol. The van der Waals surface area contributed by atoms with Crippen molar-refractivity contribution in [1.29, 1.82) is 0 Å². The molecule has 1 aliphatic carbocycles. The normalized spacial score (nSPS) is 32.7. The van der Waals surface area contributed by atoms with Crippen LogP contribution in [0.3, 0.4) is 0 Å². The molecule has 190 valence electrons. The maximum absolute atomic E-state index is 15.3. The summed E-state index contributed by atoms with van der Waals surface area (Å²) in [6.45, 7) is -0.242. The van der Waals surface area contributed by atoms with Crippen LogP contribution < -0.4 is 9.46 Å². The minimum absolute atomic E-state index is 0.165. The molecule has 2 aromatic rings. The molecule has 5 rings (SSSR count). The second-order valence-corrected chi connectivity index (χ2v) is 13.8. The number of ether oxygens (including phenoxy) is 1. The minimum atomic E-state index is -4.67. The Morgan fingerprint density at radius 1 is 1.06 bits per heavy atom. The fourth-order valence-corrected chi connectivity index (χ4v) is 9.93. The first kappa shape index (κ1) is 24.5. The Kier molecular flexibility index (Phi) is 5.54. The third-order valence-corrected chi connectivity index (χ3v) is 11.7. The van der Waals surface area contributed by atoms with Crippen LogP contribution in [0.4, 0.5) is 22.0 Å². The summed E-state index contributed by atoms with van der Waals surface area (Å²) in [5.74, 6) is 0.190. The summed E-state index contributed by atoms with van der Waals surface area (Å²) in [5.41, 5.74) is -1.46. The fourth-order valence-electron chi connectivity index (χ4n) is 5.92. The summed E-state index contributed by atoms with van der Waals surface area (Å²) in [6, 6.07) is 4.32. The summed E-state index contributed by atoms with van der Waals surface area (Å²) < 4.78 is 117. The fraction of sp³-hybridized carbons (Fsp3) is 0.435. The lowest BCUT2D eigenvalue weighted by molar-refractivity contribution is -0.137. The molecule has 1 saturated carbocycles. The van der Waals surface area contributed by atoms with Crippen LogP contribution in [0.15, 0.2) is 41.3 Å². The van der Waals surface area contributed by atoms with Crippen LogP contribution in [0.2, 0.25) is 0 Å².